The first-order chi connectivity index (χ1) is 6.08. The molecule has 2 heteroatoms. The first-order valence-corrected chi connectivity index (χ1v) is 4.51. The minimum absolute atomic E-state index is 0.263. The number of aliphatic hydroxyl groups is 1. The molecule has 0 bridgehead atoms. The maximum absolute atomic E-state index is 9.97. The Morgan fingerprint density at radius 3 is 2.31 bits per heavy atom. The minimum Gasteiger partial charge on any atom is -0.388 e. The van der Waals surface area contributed by atoms with Gasteiger partial charge < -0.3 is 10.8 Å². The van der Waals surface area contributed by atoms with Gasteiger partial charge in [0, 0.05) is 12.0 Å². The van der Waals surface area contributed by atoms with Gasteiger partial charge in [-0.3, -0.25) is 0 Å². The molecule has 0 saturated carbocycles. The van der Waals surface area contributed by atoms with E-state index < -0.39 is 6.10 Å². The Bertz CT molecular complexity index is 256. The molecule has 0 radical (unpaired) electrons. The Labute approximate surface area is 79.4 Å². The van der Waals surface area contributed by atoms with Crippen molar-refractivity contribution in [3.05, 3.63) is 35.9 Å². The quantitative estimate of drug-likeness (QED) is 0.742. The van der Waals surface area contributed by atoms with Crippen LogP contribution in [0.4, 0.5) is 0 Å². The summed E-state index contributed by atoms with van der Waals surface area (Å²) in [5, 5.41) is 9.97. The summed E-state index contributed by atoms with van der Waals surface area (Å²) in [6.45, 7) is 4.40. The molecule has 3 N–H and O–H groups in total. The van der Waals surface area contributed by atoms with E-state index >= 15 is 0 Å². The van der Waals surface area contributed by atoms with Gasteiger partial charge in [-0.25, -0.2) is 0 Å². The van der Waals surface area contributed by atoms with E-state index in [2.05, 4.69) is 0 Å². The lowest BCUT2D eigenvalue weighted by Gasteiger charge is -2.29. The Kier molecular flexibility index (Phi) is 3.07. The standard InChI is InChI=1S/C11H17NO/c1-11(2,8-12)10(13)9-6-4-3-5-7-9/h3-7,10,13H,8,12H2,1-2H3. The zero-order valence-electron chi connectivity index (χ0n) is 8.20. The molecule has 1 rings (SSSR count). The highest BCUT2D eigenvalue weighted by atomic mass is 16.3. The Hall–Kier alpha value is -0.860. The fourth-order valence-corrected chi connectivity index (χ4v) is 1.20. The molecule has 1 aromatic rings. The molecule has 2 nitrogen and oxygen atoms in total. The predicted molar refractivity (Wildman–Crippen MR) is 54.2 cm³/mol. The van der Waals surface area contributed by atoms with Gasteiger partial charge in [-0.1, -0.05) is 44.2 Å². The van der Waals surface area contributed by atoms with Crippen molar-refractivity contribution in [1.29, 1.82) is 0 Å². The van der Waals surface area contributed by atoms with E-state index in [1.807, 2.05) is 44.2 Å². The van der Waals surface area contributed by atoms with Gasteiger partial charge in [-0.2, -0.15) is 0 Å². The molecule has 0 spiro atoms. The molecule has 1 unspecified atom stereocenters. The van der Waals surface area contributed by atoms with Crippen LogP contribution in [0.15, 0.2) is 30.3 Å². The zero-order chi connectivity index (χ0) is 9.90. The molecule has 13 heavy (non-hydrogen) atoms. The lowest BCUT2D eigenvalue weighted by Crippen LogP contribution is -2.30. The maximum Gasteiger partial charge on any atom is 0.0852 e. The van der Waals surface area contributed by atoms with E-state index in [1.165, 1.54) is 0 Å². The molecule has 0 saturated heterocycles. The number of rotatable bonds is 3. The average Bonchev–Trinajstić information content (AvgIpc) is 2.18. The van der Waals surface area contributed by atoms with Gasteiger partial charge in [-0.05, 0) is 5.56 Å². The summed E-state index contributed by atoms with van der Waals surface area (Å²) >= 11 is 0. The van der Waals surface area contributed by atoms with Crippen LogP contribution in [0.25, 0.3) is 0 Å². The van der Waals surface area contributed by atoms with Crippen molar-refractivity contribution in [2.45, 2.75) is 20.0 Å². The van der Waals surface area contributed by atoms with Crippen LogP contribution in [0.2, 0.25) is 0 Å². The van der Waals surface area contributed by atoms with E-state index in [0.29, 0.717) is 6.54 Å². The first kappa shape index (κ1) is 10.2. The highest BCUT2D eigenvalue weighted by Crippen LogP contribution is 2.31. The lowest BCUT2D eigenvalue weighted by atomic mass is 9.83. The van der Waals surface area contributed by atoms with Crippen molar-refractivity contribution >= 4 is 0 Å². The van der Waals surface area contributed by atoms with E-state index in [4.69, 9.17) is 5.73 Å². The summed E-state index contributed by atoms with van der Waals surface area (Å²) in [5.74, 6) is 0. The molecular weight excluding hydrogens is 162 g/mol. The third-order valence-corrected chi connectivity index (χ3v) is 2.38. The average molecular weight is 179 g/mol. The van der Waals surface area contributed by atoms with Crippen LogP contribution in [0.5, 0.6) is 0 Å². The Morgan fingerprint density at radius 2 is 1.85 bits per heavy atom. The summed E-state index contributed by atoms with van der Waals surface area (Å²) < 4.78 is 0. The third kappa shape index (κ3) is 2.29. The molecule has 0 amide bonds. The molecule has 0 aromatic heterocycles. The Morgan fingerprint density at radius 1 is 1.31 bits per heavy atom. The molecule has 1 atom stereocenters. The van der Waals surface area contributed by atoms with E-state index in [-0.39, 0.29) is 5.41 Å². The zero-order valence-corrected chi connectivity index (χ0v) is 8.20. The normalized spacial score (nSPS) is 14.2. The second-order valence-corrected chi connectivity index (χ2v) is 4.01. The van der Waals surface area contributed by atoms with Gasteiger partial charge in [0.25, 0.3) is 0 Å². The lowest BCUT2D eigenvalue weighted by molar-refractivity contribution is 0.0555. The van der Waals surface area contributed by atoms with Crippen LogP contribution < -0.4 is 5.73 Å². The van der Waals surface area contributed by atoms with Crippen LogP contribution in [-0.2, 0) is 0 Å². The SMILES string of the molecule is CC(C)(CN)C(O)c1ccccc1. The molecule has 1 aromatic carbocycles. The van der Waals surface area contributed by atoms with Gasteiger partial charge in [-0.15, -0.1) is 0 Å². The summed E-state index contributed by atoms with van der Waals surface area (Å²) in [4.78, 5) is 0. The highest BCUT2D eigenvalue weighted by molar-refractivity contribution is 5.19. The van der Waals surface area contributed by atoms with E-state index in [9.17, 15) is 5.11 Å². The Balaban J connectivity index is 2.85. The number of benzene rings is 1. The summed E-state index contributed by atoms with van der Waals surface area (Å²) in [7, 11) is 0. The van der Waals surface area contributed by atoms with Crippen molar-refractivity contribution in [1.82, 2.24) is 0 Å². The minimum atomic E-state index is -0.487. The van der Waals surface area contributed by atoms with Crippen LogP contribution in [0, 0.1) is 5.41 Å². The van der Waals surface area contributed by atoms with Gasteiger partial charge in [0.15, 0.2) is 0 Å². The monoisotopic (exact) mass is 179 g/mol. The fourth-order valence-electron chi connectivity index (χ4n) is 1.20. The largest absolute Gasteiger partial charge is 0.388 e. The molecule has 0 aliphatic rings. The van der Waals surface area contributed by atoms with Crippen molar-refractivity contribution < 1.29 is 5.11 Å². The second-order valence-electron chi connectivity index (χ2n) is 4.01. The van der Waals surface area contributed by atoms with E-state index in [0.717, 1.165) is 5.56 Å². The molecule has 0 fully saturated rings. The molecule has 0 aliphatic carbocycles. The smallest absolute Gasteiger partial charge is 0.0852 e. The maximum atomic E-state index is 9.97. The van der Waals surface area contributed by atoms with Crippen molar-refractivity contribution in [2.24, 2.45) is 11.1 Å². The van der Waals surface area contributed by atoms with E-state index in [1.54, 1.807) is 0 Å². The van der Waals surface area contributed by atoms with Crippen LogP contribution in [-0.4, -0.2) is 11.7 Å². The number of hydrogen-bond acceptors (Lipinski definition) is 2. The number of nitrogens with two attached hydrogens (primary N) is 1. The molecular formula is C11H17NO. The number of hydrogen-bond donors (Lipinski definition) is 2. The van der Waals surface area contributed by atoms with Gasteiger partial charge in [0.2, 0.25) is 0 Å². The summed E-state index contributed by atoms with van der Waals surface area (Å²) in [5.41, 5.74) is 6.25. The van der Waals surface area contributed by atoms with Crippen LogP contribution >= 0.6 is 0 Å². The second kappa shape index (κ2) is 3.90. The molecule has 0 aliphatic heterocycles. The van der Waals surface area contributed by atoms with Gasteiger partial charge >= 0.3 is 0 Å². The van der Waals surface area contributed by atoms with Crippen LogP contribution in [0.1, 0.15) is 25.5 Å². The predicted octanol–water partition coefficient (Wildman–Crippen LogP) is 1.70. The van der Waals surface area contributed by atoms with Crippen molar-refractivity contribution in [3.63, 3.8) is 0 Å². The fraction of sp³-hybridized carbons (Fsp3) is 0.455. The topological polar surface area (TPSA) is 46.2 Å². The van der Waals surface area contributed by atoms with Crippen molar-refractivity contribution in [3.8, 4) is 0 Å². The van der Waals surface area contributed by atoms with Crippen LogP contribution in [0.3, 0.4) is 0 Å². The third-order valence-electron chi connectivity index (χ3n) is 2.38. The van der Waals surface area contributed by atoms with Gasteiger partial charge in [0.05, 0.1) is 6.10 Å². The highest BCUT2D eigenvalue weighted by Gasteiger charge is 2.27. The molecule has 72 valence electrons. The summed E-state index contributed by atoms with van der Waals surface area (Å²) in [6, 6.07) is 9.62. The molecule has 0 heterocycles. The summed E-state index contributed by atoms with van der Waals surface area (Å²) in [6.07, 6.45) is -0.487. The first-order valence-electron chi connectivity index (χ1n) is 4.51. The number of aliphatic hydroxyl groups excluding tert-OH is 1. The van der Waals surface area contributed by atoms with Crippen molar-refractivity contribution in [2.75, 3.05) is 6.54 Å². The van der Waals surface area contributed by atoms with Gasteiger partial charge in [0.1, 0.15) is 0 Å².